The standard InChI is InChI=1S/C20H21F2N5O3S/c1-2-27-14(8-11-25-27)13-4-3-5-15(13)30-16-6-7-17(20(22)19(16)21)31(28,29)26-18-9-10-23-12-24-18/h6-13,15H,2-5H2,1H3,(H,23,24,26)/t13-,15+/m1/s1. The first kappa shape index (κ1) is 21.2. The highest BCUT2D eigenvalue weighted by Gasteiger charge is 2.34. The number of anilines is 1. The van der Waals surface area contributed by atoms with E-state index in [2.05, 4.69) is 19.8 Å². The summed E-state index contributed by atoms with van der Waals surface area (Å²) in [5.41, 5.74) is 0.985. The first-order valence-electron chi connectivity index (χ1n) is 9.86. The molecule has 11 heteroatoms. The molecule has 1 aromatic carbocycles. The maximum absolute atomic E-state index is 14.8. The van der Waals surface area contributed by atoms with Gasteiger partial charge in [-0.3, -0.25) is 9.40 Å². The SMILES string of the molecule is CCn1nccc1[C@H]1CCC[C@@H]1Oc1ccc(S(=O)(=O)Nc2ccncn2)c(F)c1F. The van der Waals surface area contributed by atoms with Crippen LogP contribution in [0, 0.1) is 11.6 Å². The highest BCUT2D eigenvalue weighted by molar-refractivity contribution is 7.92. The molecule has 0 amide bonds. The number of aromatic nitrogens is 4. The summed E-state index contributed by atoms with van der Waals surface area (Å²) in [4.78, 5) is 6.57. The Morgan fingerprint density at radius 3 is 2.74 bits per heavy atom. The van der Waals surface area contributed by atoms with Crippen LogP contribution in [0.25, 0.3) is 0 Å². The number of sulfonamides is 1. The summed E-state index contributed by atoms with van der Waals surface area (Å²) in [6.07, 6.45) is 6.20. The second kappa shape index (κ2) is 8.58. The van der Waals surface area contributed by atoms with Gasteiger partial charge in [-0.05, 0) is 50.5 Å². The second-order valence-corrected chi connectivity index (χ2v) is 8.81. The van der Waals surface area contributed by atoms with E-state index in [1.165, 1.54) is 12.3 Å². The molecule has 0 aliphatic heterocycles. The summed E-state index contributed by atoms with van der Waals surface area (Å²) in [5.74, 6) is -3.24. The molecule has 0 bridgehead atoms. The Bertz CT molecular complexity index is 1170. The van der Waals surface area contributed by atoms with Crippen molar-refractivity contribution in [3.63, 3.8) is 0 Å². The van der Waals surface area contributed by atoms with Crippen LogP contribution in [-0.4, -0.2) is 34.3 Å². The summed E-state index contributed by atoms with van der Waals surface area (Å²) in [6, 6.07) is 5.32. The quantitative estimate of drug-likeness (QED) is 0.593. The average Bonchev–Trinajstić information content (AvgIpc) is 3.40. The predicted octanol–water partition coefficient (Wildman–Crippen LogP) is 3.49. The van der Waals surface area contributed by atoms with Crippen LogP contribution in [0.5, 0.6) is 5.75 Å². The first-order chi connectivity index (χ1) is 14.9. The number of ether oxygens (including phenoxy) is 1. The van der Waals surface area contributed by atoms with Gasteiger partial charge in [0, 0.05) is 30.6 Å². The van der Waals surface area contributed by atoms with Crippen LogP contribution in [0.4, 0.5) is 14.6 Å². The number of hydrogen-bond acceptors (Lipinski definition) is 6. The van der Waals surface area contributed by atoms with Gasteiger partial charge in [0.15, 0.2) is 11.6 Å². The van der Waals surface area contributed by atoms with Gasteiger partial charge < -0.3 is 4.74 Å². The van der Waals surface area contributed by atoms with Crippen molar-refractivity contribution in [2.45, 2.75) is 49.6 Å². The number of nitrogens with one attached hydrogen (secondary N) is 1. The molecule has 1 aliphatic rings. The van der Waals surface area contributed by atoms with E-state index in [-0.39, 0.29) is 23.6 Å². The van der Waals surface area contributed by atoms with E-state index in [1.54, 1.807) is 6.20 Å². The monoisotopic (exact) mass is 449 g/mol. The number of nitrogens with zero attached hydrogens (tertiary/aromatic N) is 4. The fraction of sp³-hybridized carbons (Fsp3) is 0.350. The van der Waals surface area contributed by atoms with E-state index < -0.39 is 26.6 Å². The zero-order valence-electron chi connectivity index (χ0n) is 16.7. The van der Waals surface area contributed by atoms with Gasteiger partial charge in [0.25, 0.3) is 10.0 Å². The zero-order chi connectivity index (χ0) is 22.0. The van der Waals surface area contributed by atoms with E-state index in [0.29, 0.717) is 13.0 Å². The molecule has 1 fully saturated rings. The molecule has 164 valence electrons. The Balaban J connectivity index is 1.57. The van der Waals surface area contributed by atoms with Crippen molar-refractivity contribution in [1.29, 1.82) is 0 Å². The fourth-order valence-electron chi connectivity index (χ4n) is 3.85. The Labute approximate surface area is 178 Å². The Morgan fingerprint density at radius 2 is 2.00 bits per heavy atom. The second-order valence-electron chi connectivity index (χ2n) is 7.16. The minimum Gasteiger partial charge on any atom is -0.487 e. The zero-order valence-corrected chi connectivity index (χ0v) is 17.5. The molecular formula is C20H21F2N5O3S. The summed E-state index contributed by atoms with van der Waals surface area (Å²) in [5, 5.41) is 4.27. The van der Waals surface area contributed by atoms with E-state index in [0.717, 1.165) is 37.0 Å². The van der Waals surface area contributed by atoms with Gasteiger partial charge in [-0.2, -0.15) is 9.49 Å². The molecule has 31 heavy (non-hydrogen) atoms. The summed E-state index contributed by atoms with van der Waals surface area (Å²) >= 11 is 0. The van der Waals surface area contributed by atoms with Crippen molar-refractivity contribution in [3.05, 3.63) is 60.3 Å². The molecule has 3 aromatic rings. The predicted molar refractivity (Wildman–Crippen MR) is 108 cm³/mol. The van der Waals surface area contributed by atoms with E-state index in [9.17, 15) is 17.2 Å². The lowest BCUT2D eigenvalue weighted by molar-refractivity contribution is 0.176. The van der Waals surface area contributed by atoms with Gasteiger partial charge >= 0.3 is 0 Å². The van der Waals surface area contributed by atoms with Crippen molar-refractivity contribution < 1.29 is 21.9 Å². The molecular weight excluding hydrogens is 428 g/mol. The Kier molecular flexibility index (Phi) is 5.86. The molecule has 0 saturated heterocycles. The van der Waals surface area contributed by atoms with Crippen molar-refractivity contribution in [2.75, 3.05) is 4.72 Å². The smallest absolute Gasteiger partial charge is 0.266 e. The molecule has 2 aromatic heterocycles. The number of halogens is 2. The number of rotatable bonds is 7. The van der Waals surface area contributed by atoms with Crippen molar-refractivity contribution in [2.24, 2.45) is 0 Å². The first-order valence-corrected chi connectivity index (χ1v) is 11.3. The Morgan fingerprint density at radius 1 is 1.16 bits per heavy atom. The third-order valence-corrected chi connectivity index (χ3v) is 6.65. The van der Waals surface area contributed by atoms with Crippen LogP contribution in [0.3, 0.4) is 0 Å². The van der Waals surface area contributed by atoms with Crippen LogP contribution in [-0.2, 0) is 16.6 Å². The van der Waals surface area contributed by atoms with Crippen LogP contribution in [0.1, 0.15) is 37.8 Å². The largest absolute Gasteiger partial charge is 0.487 e. The highest BCUT2D eigenvalue weighted by atomic mass is 32.2. The molecule has 2 heterocycles. The molecule has 4 rings (SSSR count). The third kappa shape index (κ3) is 4.22. The molecule has 0 spiro atoms. The Hall–Kier alpha value is -3.08. The fourth-order valence-corrected chi connectivity index (χ4v) is 4.93. The lowest BCUT2D eigenvalue weighted by Gasteiger charge is -2.22. The normalized spacial score (nSPS) is 18.8. The van der Waals surface area contributed by atoms with Gasteiger partial charge in [0.2, 0.25) is 5.82 Å². The van der Waals surface area contributed by atoms with Crippen LogP contribution in [0.2, 0.25) is 0 Å². The number of benzene rings is 1. The number of hydrogen-bond donors (Lipinski definition) is 1. The average molecular weight is 449 g/mol. The maximum atomic E-state index is 14.8. The van der Waals surface area contributed by atoms with Crippen LogP contribution >= 0.6 is 0 Å². The molecule has 1 saturated carbocycles. The highest BCUT2D eigenvalue weighted by Crippen LogP contribution is 2.38. The van der Waals surface area contributed by atoms with Gasteiger partial charge in [-0.25, -0.2) is 22.8 Å². The lowest BCUT2D eigenvalue weighted by atomic mass is 10.0. The van der Waals surface area contributed by atoms with Crippen LogP contribution < -0.4 is 9.46 Å². The van der Waals surface area contributed by atoms with E-state index in [1.807, 2.05) is 17.7 Å². The van der Waals surface area contributed by atoms with E-state index in [4.69, 9.17) is 4.74 Å². The van der Waals surface area contributed by atoms with E-state index >= 15 is 0 Å². The van der Waals surface area contributed by atoms with Crippen molar-refractivity contribution >= 4 is 15.8 Å². The maximum Gasteiger partial charge on any atom is 0.266 e. The van der Waals surface area contributed by atoms with Gasteiger partial charge in [0.1, 0.15) is 23.1 Å². The van der Waals surface area contributed by atoms with Crippen molar-refractivity contribution in [3.8, 4) is 5.75 Å². The van der Waals surface area contributed by atoms with Gasteiger partial charge in [-0.15, -0.1) is 0 Å². The summed E-state index contributed by atoms with van der Waals surface area (Å²) < 4.78 is 64.2. The molecule has 1 aliphatic carbocycles. The van der Waals surface area contributed by atoms with Gasteiger partial charge in [-0.1, -0.05) is 0 Å². The third-order valence-electron chi connectivity index (χ3n) is 5.28. The summed E-state index contributed by atoms with van der Waals surface area (Å²) in [6.45, 7) is 2.67. The molecule has 8 nitrogen and oxygen atoms in total. The molecule has 0 unspecified atom stereocenters. The topological polar surface area (TPSA) is 99.0 Å². The minimum atomic E-state index is -4.39. The lowest BCUT2D eigenvalue weighted by Crippen LogP contribution is -2.23. The molecule has 0 radical (unpaired) electrons. The van der Waals surface area contributed by atoms with Gasteiger partial charge in [0.05, 0.1) is 0 Å². The summed E-state index contributed by atoms with van der Waals surface area (Å²) in [7, 11) is -4.39. The van der Waals surface area contributed by atoms with Crippen LogP contribution in [0.15, 0.2) is 47.9 Å². The minimum absolute atomic E-state index is 0.00671. The molecule has 1 N–H and O–H groups in total. The van der Waals surface area contributed by atoms with Crippen molar-refractivity contribution in [1.82, 2.24) is 19.7 Å². The molecule has 2 atom stereocenters. The number of aryl methyl sites for hydroxylation is 1.